The van der Waals surface area contributed by atoms with E-state index < -0.39 is 6.04 Å². The summed E-state index contributed by atoms with van der Waals surface area (Å²) in [6.07, 6.45) is 0.416. The normalized spacial score (nSPS) is 12.7. The molecule has 0 fully saturated rings. The number of aromatic nitrogens is 2. The lowest BCUT2D eigenvalue weighted by molar-refractivity contribution is -0.135. The summed E-state index contributed by atoms with van der Waals surface area (Å²) in [6, 6.07) is 12.4. The Kier molecular flexibility index (Phi) is 6.56. The van der Waals surface area contributed by atoms with Gasteiger partial charge >= 0.3 is 0 Å². The van der Waals surface area contributed by atoms with E-state index in [1.54, 1.807) is 27.7 Å². The van der Waals surface area contributed by atoms with Crippen molar-refractivity contribution < 1.29 is 4.79 Å². The quantitative estimate of drug-likeness (QED) is 0.512. The van der Waals surface area contributed by atoms with Crippen LogP contribution in [0.3, 0.4) is 0 Å². The Morgan fingerprint density at radius 3 is 2.39 bits per heavy atom. The smallest absolute Gasteiger partial charge is 0.266 e. The van der Waals surface area contributed by atoms with Gasteiger partial charge in [0, 0.05) is 18.0 Å². The van der Waals surface area contributed by atoms with Crippen LogP contribution in [0.15, 0.2) is 47.3 Å². The van der Waals surface area contributed by atoms with Crippen LogP contribution in [-0.2, 0) is 4.79 Å². The third-order valence-corrected chi connectivity index (χ3v) is 5.57. The molecule has 1 unspecified atom stereocenters. The van der Waals surface area contributed by atoms with E-state index in [-0.39, 0.29) is 16.9 Å². The molecule has 0 radical (unpaired) electrons. The number of fused-ring (bicyclic) bond motifs is 1. The number of aryl methyl sites for hydroxylation is 1. The summed E-state index contributed by atoms with van der Waals surface area (Å²) < 4.78 is 1.62. The van der Waals surface area contributed by atoms with Crippen molar-refractivity contribution in [2.24, 2.45) is 5.41 Å². The second-order valence-electron chi connectivity index (χ2n) is 9.20. The maximum absolute atomic E-state index is 13.5. The Morgan fingerprint density at radius 1 is 1.16 bits per heavy atom. The maximum Gasteiger partial charge on any atom is 0.266 e. The van der Waals surface area contributed by atoms with Gasteiger partial charge in [0.25, 0.3) is 5.56 Å². The lowest BCUT2D eigenvalue weighted by Crippen LogP contribution is -2.38. The summed E-state index contributed by atoms with van der Waals surface area (Å²) >= 11 is 6.18. The van der Waals surface area contributed by atoms with Gasteiger partial charge in [0.2, 0.25) is 5.91 Å². The molecular formula is C25H30ClN3O2. The fraction of sp³-hybridized carbons (Fsp3) is 0.400. The van der Waals surface area contributed by atoms with Gasteiger partial charge in [-0.15, -0.1) is 0 Å². The average Bonchev–Trinajstić information content (AvgIpc) is 2.67. The summed E-state index contributed by atoms with van der Waals surface area (Å²) in [5.74, 6) is 0.561. The van der Waals surface area contributed by atoms with Crippen molar-refractivity contribution in [3.05, 3.63) is 69.2 Å². The van der Waals surface area contributed by atoms with Gasteiger partial charge in [-0.1, -0.05) is 50.1 Å². The highest BCUT2D eigenvalue weighted by Gasteiger charge is 2.28. The lowest BCUT2D eigenvalue weighted by Gasteiger charge is -2.31. The molecule has 31 heavy (non-hydrogen) atoms. The zero-order valence-corrected chi connectivity index (χ0v) is 19.8. The largest absolute Gasteiger partial charge is 0.333 e. The van der Waals surface area contributed by atoms with Crippen molar-refractivity contribution in [2.75, 3.05) is 6.54 Å². The van der Waals surface area contributed by atoms with Gasteiger partial charge in [-0.3, -0.25) is 14.2 Å². The van der Waals surface area contributed by atoms with E-state index in [9.17, 15) is 9.59 Å². The number of hydrogen-bond donors (Lipinski definition) is 0. The Morgan fingerprint density at radius 2 is 1.81 bits per heavy atom. The molecule has 0 bridgehead atoms. The standard InChI is InChI=1S/C25H30ClN3O2/c1-7-28(22(30)15-25(4,5)6)17(3)23-27-21-14-18(26)10-13-20(21)24(31)29(23)19-11-8-16(2)9-12-19/h8-14,17H,7,15H2,1-6H3. The molecule has 2 aromatic carbocycles. The van der Waals surface area contributed by atoms with Crippen molar-refractivity contribution in [2.45, 2.75) is 54.0 Å². The zero-order valence-electron chi connectivity index (χ0n) is 19.1. The number of hydrogen-bond acceptors (Lipinski definition) is 3. The fourth-order valence-electron chi connectivity index (χ4n) is 3.76. The Hall–Kier alpha value is -2.66. The second-order valence-corrected chi connectivity index (χ2v) is 9.64. The molecule has 164 valence electrons. The molecule has 0 spiro atoms. The SMILES string of the molecule is CCN(C(=O)CC(C)(C)C)C(C)c1nc2cc(Cl)ccc2c(=O)n1-c1ccc(C)cc1. The Bertz CT molecular complexity index is 1160. The summed E-state index contributed by atoms with van der Waals surface area (Å²) in [6.45, 7) is 12.5. The van der Waals surface area contributed by atoms with Crippen LogP contribution in [0.5, 0.6) is 0 Å². The maximum atomic E-state index is 13.5. The second kappa shape index (κ2) is 8.83. The van der Waals surface area contributed by atoms with Crippen LogP contribution in [0.2, 0.25) is 5.02 Å². The summed E-state index contributed by atoms with van der Waals surface area (Å²) in [4.78, 5) is 33.2. The van der Waals surface area contributed by atoms with Crippen molar-refractivity contribution in [3.63, 3.8) is 0 Å². The number of nitrogens with zero attached hydrogens (tertiary/aromatic N) is 3. The van der Waals surface area contributed by atoms with Crippen LogP contribution in [-0.4, -0.2) is 26.9 Å². The third kappa shape index (κ3) is 4.99. The van der Waals surface area contributed by atoms with Gasteiger partial charge in [0.05, 0.1) is 22.6 Å². The van der Waals surface area contributed by atoms with E-state index in [2.05, 4.69) is 0 Å². The highest BCUT2D eigenvalue weighted by Crippen LogP contribution is 2.27. The molecule has 1 heterocycles. The van der Waals surface area contributed by atoms with E-state index in [1.165, 1.54) is 0 Å². The molecule has 0 saturated heterocycles. The number of benzene rings is 2. The summed E-state index contributed by atoms with van der Waals surface area (Å²) in [5, 5.41) is 1.01. The molecular weight excluding hydrogens is 410 g/mol. The van der Waals surface area contributed by atoms with E-state index in [1.807, 2.05) is 65.8 Å². The van der Waals surface area contributed by atoms with Crippen molar-refractivity contribution >= 4 is 28.4 Å². The number of halogens is 1. The monoisotopic (exact) mass is 439 g/mol. The molecule has 0 aliphatic heterocycles. The topological polar surface area (TPSA) is 55.2 Å². The minimum atomic E-state index is -0.391. The Balaban J connectivity index is 2.23. The fourth-order valence-corrected chi connectivity index (χ4v) is 3.93. The van der Waals surface area contributed by atoms with Gasteiger partial charge in [-0.25, -0.2) is 4.98 Å². The summed E-state index contributed by atoms with van der Waals surface area (Å²) in [5.41, 5.74) is 2.04. The van der Waals surface area contributed by atoms with Gasteiger partial charge in [-0.2, -0.15) is 0 Å². The molecule has 6 heteroatoms. The van der Waals surface area contributed by atoms with Crippen LogP contribution >= 0.6 is 11.6 Å². The minimum absolute atomic E-state index is 0.0402. The van der Waals surface area contributed by atoms with Crippen molar-refractivity contribution in [3.8, 4) is 5.69 Å². The van der Waals surface area contributed by atoms with Crippen LogP contribution < -0.4 is 5.56 Å². The molecule has 5 nitrogen and oxygen atoms in total. The average molecular weight is 440 g/mol. The third-order valence-electron chi connectivity index (χ3n) is 5.33. The predicted molar refractivity (Wildman–Crippen MR) is 127 cm³/mol. The molecule has 1 aromatic heterocycles. The van der Waals surface area contributed by atoms with Crippen LogP contribution in [0.1, 0.15) is 58.5 Å². The molecule has 0 saturated carbocycles. The molecule has 0 aliphatic carbocycles. The van der Waals surface area contributed by atoms with E-state index in [0.29, 0.717) is 34.7 Å². The van der Waals surface area contributed by atoms with E-state index >= 15 is 0 Å². The van der Waals surface area contributed by atoms with Gasteiger partial charge in [0.1, 0.15) is 5.82 Å². The van der Waals surface area contributed by atoms with Crippen LogP contribution in [0, 0.1) is 12.3 Å². The summed E-state index contributed by atoms with van der Waals surface area (Å²) in [7, 11) is 0. The minimum Gasteiger partial charge on any atom is -0.333 e. The predicted octanol–water partition coefficient (Wildman–Crippen LogP) is 5.69. The molecule has 3 aromatic rings. The number of amides is 1. The lowest BCUT2D eigenvalue weighted by atomic mass is 9.91. The molecule has 3 rings (SSSR count). The van der Waals surface area contributed by atoms with E-state index in [4.69, 9.17) is 16.6 Å². The molecule has 1 amide bonds. The highest BCUT2D eigenvalue weighted by atomic mass is 35.5. The molecule has 1 atom stereocenters. The van der Waals surface area contributed by atoms with Gasteiger partial charge in [-0.05, 0) is 56.5 Å². The number of carbonyl (C=O) groups excluding carboxylic acids is 1. The molecule has 0 N–H and O–H groups in total. The van der Waals surface area contributed by atoms with Crippen molar-refractivity contribution in [1.29, 1.82) is 0 Å². The first-order chi connectivity index (χ1) is 14.5. The first kappa shape index (κ1) is 23.0. The van der Waals surface area contributed by atoms with Crippen LogP contribution in [0.25, 0.3) is 16.6 Å². The number of rotatable bonds is 5. The highest BCUT2D eigenvalue weighted by molar-refractivity contribution is 6.31. The first-order valence-electron chi connectivity index (χ1n) is 10.6. The van der Waals surface area contributed by atoms with Crippen LogP contribution in [0.4, 0.5) is 0 Å². The zero-order chi connectivity index (χ0) is 22.9. The van der Waals surface area contributed by atoms with E-state index in [0.717, 1.165) is 11.3 Å². The number of carbonyl (C=O) groups is 1. The Labute approximate surface area is 188 Å². The van der Waals surface area contributed by atoms with Gasteiger partial charge in [0.15, 0.2) is 0 Å². The van der Waals surface area contributed by atoms with Gasteiger partial charge < -0.3 is 4.90 Å². The van der Waals surface area contributed by atoms with Crippen molar-refractivity contribution in [1.82, 2.24) is 14.5 Å². The first-order valence-corrected chi connectivity index (χ1v) is 11.0. The molecule has 0 aliphatic rings.